The minimum atomic E-state index is -0.362. The summed E-state index contributed by atoms with van der Waals surface area (Å²) in [4.78, 5) is 25.0. The molecule has 2 heterocycles. The predicted octanol–water partition coefficient (Wildman–Crippen LogP) is 3.11. The molecule has 2 N–H and O–H groups in total. The van der Waals surface area contributed by atoms with Gasteiger partial charge in [0.2, 0.25) is 0 Å². The molecule has 0 radical (unpaired) electrons. The third kappa shape index (κ3) is 5.20. The van der Waals surface area contributed by atoms with Crippen LogP contribution in [0.25, 0.3) is 10.2 Å². The monoisotopic (exact) mass is 407 g/mol. The number of hydrogen-bond acceptors (Lipinski definition) is 6. The summed E-state index contributed by atoms with van der Waals surface area (Å²) in [7, 11) is 1.70. The van der Waals surface area contributed by atoms with E-state index in [9.17, 15) is 9.90 Å². The summed E-state index contributed by atoms with van der Waals surface area (Å²) in [6.07, 6.45) is 5.42. The van der Waals surface area contributed by atoms with Gasteiger partial charge in [-0.1, -0.05) is 20.3 Å². The lowest BCUT2D eigenvalue weighted by atomic mass is 9.89. The quantitative estimate of drug-likeness (QED) is 0.592. The number of aromatic nitrogens is 2. The smallest absolute Gasteiger partial charge is 0.259 e. The van der Waals surface area contributed by atoms with E-state index in [1.807, 2.05) is 0 Å². The second-order valence-electron chi connectivity index (χ2n) is 8.07. The molecule has 2 atom stereocenters. The third-order valence-corrected chi connectivity index (χ3v) is 6.65. The number of nitrogens with one attached hydrogen (secondary N) is 1. The number of hydrogen-bond donors (Lipinski definition) is 2. The lowest BCUT2D eigenvalue weighted by Gasteiger charge is -2.24. The molecule has 1 aliphatic rings. The van der Waals surface area contributed by atoms with Crippen LogP contribution in [-0.4, -0.2) is 52.9 Å². The zero-order valence-corrected chi connectivity index (χ0v) is 18.1. The highest BCUT2D eigenvalue weighted by Crippen LogP contribution is 2.35. The van der Waals surface area contributed by atoms with E-state index >= 15 is 0 Å². The molecule has 0 aromatic carbocycles. The van der Waals surface area contributed by atoms with Crippen LogP contribution in [0.2, 0.25) is 0 Å². The van der Waals surface area contributed by atoms with Gasteiger partial charge < -0.3 is 14.8 Å². The minimum Gasteiger partial charge on any atom is -0.392 e. The van der Waals surface area contributed by atoms with E-state index in [-0.39, 0.29) is 11.7 Å². The van der Waals surface area contributed by atoms with Gasteiger partial charge in [-0.3, -0.25) is 9.69 Å². The first-order chi connectivity index (χ1) is 13.5. The highest BCUT2D eigenvalue weighted by molar-refractivity contribution is 7.18. The second kappa shape index (κ2) is 9.96. The normalized spacial score (nSPS) is 18.0. The standard InChI is InChI=1S/C21H33N3O3S/c1-4-6-15(25)12-24(9-5-10-27-3)13-18-22-20(26)19-16-8-7-14(2)11-17(16)28-21(19)23-18/h14-15,25H,4-13H2,1-3H3,(H,22,23,26)/t14-,15-/m0/s1. The number of H-pyrrole nitrogens is 1. The number of rotatable bonds is 10. The van der Waals surface area contributed by atoms with Crippen molar-refractivity contribution in [3.8, 4) is 0 Å². The maximum absolute atomic E-state index is 12.8. The van der Waals surface area contributed by atoms with Crippen molar-refractivity contribution >= 4 is 21.6 Å². The molecular weight excluding hydrogens is 374 g/mol. The molecule has 28 heavy (non-hydrogen) atoms. The van der Waals surface area contributed by atoms with Crippen LogP contribution in [0.4, 0.5) is 0 Å². The topological polar surface area (TPSA) is 78.5 Å². The van der Waals surface area contributed by atoms with Gasteiger partial charge in [-0.05, 0) is 43.6 Å². The van der Waals surface area contributed by atoms with E-state index in [1.165, 1.54) is 10.4 Å². The van der Waals surface area contributed by atoms with Gasteiger partial charge in [-0.15, -0.1) is 11.3 Å². The van der Waals surface area contributed by atoms with Crippen LogP contribution < -0.4 is 5.56 Å². The van der Waals surface area contributed by atoms with Crippen LogP contribution >= 0.6 is 11.3 Å². The number of methoxy groups -OCH3 is 1. The highest BCUT2D eigenvalue weighted by Gasteiger charge is 2.23. The maximum Gasteiger partial charge on any atom is 0.259 e. The Hall–Kier alpha value is -1.28. The largest absolute Gasteiger partial charge is 0.392 e. The zero-order valence-electron chi connectivity index (χ0n) is 17.3. The highest BCUT2D eigenvalue weighted by atomic mass is 32.1. The molecule has 0 saturated carbocycles. The molecule has 0 saturated heterocycles. The molecule has 2 aromatic rings. The first kappa shape index (κ1) is 21.4. The fraction of sp³-hybridized carbons (Fsp3) is 0.714. The van der Waals surface area contributed by atoms with E-state index in [0.29, 0.717) is 31.4 Å². The number of ether oxygens (including phenoxy) is 1. The number of aromatic amines is 1. The van der Waals surface area contributed by atoms with Gasteiger partial charge in [-0.2, -0.15) is 0 Å². The summed E-state index contributed by atoms with van der Waals surface area (Å²) in [5.41, 5.74) is 1.20. The van der Waals surface area contributed by atoms with Gasteiger partial charge in [0, 0.05) is 31.7 Å². The zero-order chi connectivity index (χ0) is 20.1. The van der Waals surface area contributed by atoms with Gasteiger partial charge in [0.15, 0.2) is 0 Å². The Morgan fingerprint density at radius 1 is 1.46 bits per heavy atom. The van der Waals surface area contributed by atoms with Crippen LogP contribution in [0.15, 0.2) is 4.79 Å². The minimum absolute atomic E-state index is 0.0157. The molecule has 0 spiro atoms. The van der Waals surface area contributed by atoms with E-state index in [2.05, 4.69) is 23.7 Å². The summed E-state index contributed by atoms with van der Waals surface area (Å²) in [6, 6.07) is 0. The number of nitrogens with zero attached hydrogens (tertiary/aromatic N) is 2. The molecule has 2 aromatic heterocycles. The lowest BCUT2D eigenvalue weighted by molar-refractivity contribution is 0.0917. The molecule has 1 aliphatic carbocycles. The fourth-order valence-electron chi connectivity index (χ4n) is 4.07. The third-order valence-electron chi connectivity index (χ3n) is 5.50. The molecule has 0 fully saturated rings. The van der Waals surface area contributed by atoms with E-state index in [1.54, 1.807) is 18.4 Å². The van der Waals surface area contributed by atoms with Crippen LogP contribution in [0, 0.1) is 5.92 Å². The van der Waals surface area contributed by atoms with Gasteiger partial charge >= 0.3 is 0 Å². The van der Waals surface area contributed by atoms with Crippen molar-refractivity contribution in [1.29, 1.82) is 0 Å². The van der Waals surface area contributed by atoms with Crippen molar-refractivity contribution < 1.29 is 9.84 Å². The Morgan fingerprint density at radius 2 is 2.29 bits per heavy atom. The van der Waals surface area contributed by atoms with E-state index in [0.717, 1.165) is 55.3 Å². The van der Waals surface area contributed by atoms with Gasteiger partial charge in [0.1, 0.15) is 10.7 Å². The molecule has 3 rings (SSSR count). The van der Waals surface area contributed by atoms with Crippen LogP contribution in [0.3, 0.4) is 0 Å². The number of aliphatic hydroxyl groups is 1. The molecule has 6 nitrogen and oxygen atoms in total. The molecular formula is C21H33N3O3S. The predicted molar refractivity (Wildman–Crippen MR) is 114 cm³/mol. The van der Waals surface area contributed by atoms with Crippen LogP contribution in [-0.2, 0) is 24.1 Å². The SMILES string of the molecule is CCC[C@H](O)CN(CCCOC)Cc1nc2sc3c(c2c(=O)[nH]1)CC[C@H](C)C3. The molecule has 0 aliphatic heterocycles. The summed E-state index contributed by atoms with van der Waals surface area (Å²) in [5.74, 6) is 1.36. The van der Waals surface area contributed by atoms with Gasteiger partial charge in [0.05, 0.1) is 18.0 Å². The maximum atomic E-state index is 12.8. The summed E-state index contributed by atoms with van der Waals surface area (Å²) < 4.78 is 5.17. The van der Waals surface area contributed by atoms with Gasteiger partial charge in [0.25, 0.3) is 5.56 Å². The van der Waals surface area contributed by atoms with Crippen molar-refractivity contribution in [1.82, 2.24) is 14.9 Å². The summed E-state index contributed by atoms with van der Waals surface area (Å²) >= 11 is 1.68. The first-order valence-electron chi connectivity index (χ1n) is 10.4. The molecule has 156 valence electrons. The Labute approximate surface area is 170 Å². The van der Waals surface area contributed by atoms with Crippen molar-refractivity contribution in [2.45, 2.75) is 65.0 Å². The van der Waals surface area contributed by atoms with Crippen molar-refractivity contribution in [3.05, 3.63) is 26.6 Å². The Balaban J connectivity index is 1.81. The van der Waals surface area contributed by atoms with Crippen LogP contribution in [0.5, 0.6) is 0 Å². The number of aryl methyl sites for hydroxylation is 1. The number of thiophene rings is 1. The van der Waals surface area contributed by atoms with Crippen LogP contribution in [0.1, 0.15) is 55.8 Å². The van der Waals surface area contributed by atoms with Crippen molar-refractivity contribution in [2.24, 2.45) is 5.92 Å². The number of aliphatic hydroxyl groups excluding tert-OH is 1. The van der Waals surface area contributed by atoms with E-state index in [4.69, 9.17) is 9.72 Å². The Morgan fingerprint density at radius 3 is 3.04 bits per heavy atom. The Bertz CT molecular complexity index is 832. The average molecular weight is 408 g/mol. The summed E-state index contributed by atoms with van der Waals surface area (Å²) in [6.45, 7) is 6.95. The Kier molecular flexibility index (Phi) is 7.62. The summed E-state index contributed by atoms with van der Waals surface area (Å²) in [5, 5.41) is 11.1. The van der Waals surface area contributed by atoms with Crippen molar-refractivity contribution in [2.75, 3.05) is 26.8 Å². The lowest BCUT2D eigenvalue weighted by Crippen LogP contribution is -2.34. The van der Waals surface area contributed by atoms with E-state index < -0.39 is 0 Å². The molecule has 0 bridgehead atoms. The van der Waals surface area contributed by atoms with Crippen molar-refractivity contribution in [3.63, 3.8) is 0 Å². The van der Waals surface area contributed by atoms with Gasteiger partial charge in [-0.25, -0.2) is 4.98 Å². The number of fused-ring (bicyclic) bond motifs is 3. The average Bonchev–Trinajstić information content (AvgIpc) is 2.99. The molecule has 0 unspecified atom stereocenters. The molecule has 0 amide bonds. The second-order valence-corrected chi connectivity index (χ2v) is 9.15. The first-order valence-corrected chi connectivity index (χ1v) is 11.3. The fourth-order valence-corrected chi connectivity index (χ4v) is 5.47. The molecule has 7 heteroatoms.